The van der Waals surface area contributed by atoms with Gasteiger partial charge in [0.1, 0.15) is 0 Å². The van der Waals surface area contributed by atoms with E-state index >= 15 is 0 Å². The fourth-order valence-corrected chi connectivity index (χ4v) is 3.65. The predicted octanol–water partition coefficient (Wildman–Crippen LogP) is 2.67. The molecule has 2 amide bonds. The summed E-state index contributed by atoms with van der Waals surface area (Å²) in [5.74, 6) is 0.704. The topological polar surface area (TPSA) is 40.6 Å². The summed E-state index contributed by atoms with van der Waals surface area (Å²) in [5, 5.41) is 0. The Hall–Kier alpha value is -1.06. The average Bonchev–Trinajstić information content (AvgIpc) is 2.53. The van der Waals surface area contributed by atoms with Gasteiger partial charge in [0.15, 0.2) is 0 Å². The number of rotatable bonds is 3. The Kier molecular flexibility index (Phi) is 5.65. The van der Waals surface area contributed by atoms with Crippen LogP contribution in [0.25, 0.3) is 0 Å². The van der Waals surface area contributed by atoms with E-state index in [1.807, 2.05) is 30.7 Å². The Bertz CT molecular complexity index is 367. The van der Waals surface area contributed by atoms with Crippen LogP contribution in [0.2, 0.25) is 0 Å². The maximum atomic E-state index is 12.6. The fourth-order valence-electron chi connectivity index (χ4n) is 3.65. The van der Waals surface area contributed by atoms with Gasteiger partial charge in [-0.3, -0.25) is 9.59 Å². The lowest BCUT2D eigenvalue weighted by Crippen LogP contribution is -2.47. The van der Waals surface area contributed by atoms with Gasteiger partial charge in [0, 0.05) is 38.0 Å². The summed E-state index contributed by atoms with van der Waals surface area (Å²) in [6, 6.07) is 0.446. The molecule has 21 heavy (non-hydrogen) atoms. The molecular formula is C17H30N2O2. The van der Waals surface area contributed by atoms with Crippen molar-refractivity contribution in [2.24, 2.45) is 11.8 Å². The van der Waals surface area contributed by atoms with Crippen molar-refractivity contribution >= 4 is 11.8 Å². The van der Waals surface area contributed by atoms with Gasteiger partial charge in [-0.2, -0.15) is 0 Å². The second-order valence-corrected chi connectivity index (χ2v) is 7.00. The molecule has 1 heterocycles. The van der Waals surface area contributed by atoms with Gasteiger partial charge in [0.05, 0.1) is 0 Å². The number of hydrogen-bond donors (Lipinski definition) is 0. The molecule has 0 radical (unpaired) electrons. The molecule has 0 aromatic rings. The summed E-state index contributed by atoms with van der Waals surface area (Å²) >= 11 is 0. The normalized spacial score (nSPS) is 21.6. The molecule has 1 aliphatic heterocycles. The molecule has 4 heteroatoms. The third kappa shape index (κ3) is 3.98. The standard InChI is InChI=1S/C17H30N2O2/c1-13(2)16(20)19-11-9-14(10-12-19)17(21)18(3)15-7-5-4-6-8-15/h13-15H,4-12H2,1-3H3. The van der Waals surface area contributed by atoms with Gasteiger partial charge in [-0.25, -0.2) is 0 Å². The van der Waals surface area contributed by atoms with Crippen molar-refractivity contribution in [2.75, 3.05) is 20.1 Å². The molecular weight excluding hydrogens is 264 g/mol. The highest BCUT2D eigenvalue weighted by Crippen LogP contribution is 2.26. The van der Waals surface area contributed by atoms with Gasteiger partial charge < -0.3 is 9.80 Å². The molecule has 0 aromatic carbocycles. The van der Waals surface area contributed by atoms with Crippen molar-refractivity contribution in [3.63, 3.8) is 0 Å². The van der Waals surface area contributed by atoms with Crippen molar-refractivity contribution < 1.29 is 9.59 Å². The SMILES string of the molecule is CC(C)C(=O)N1CCC(C(=O)N(C)C2CCCCC2)CC1. The van der Waals surface area contributed by atoms with Crippen LogP contribution in [-0.2, 0) is 9.59 Å². The number of carbonyl (C=O) groups is 2. The minimum Gasteiger partial charge on any atom is -0.343 e. The Morgan fingerprint density at radius 1 is 1.00 bits per heavy atom. The number of amides is 2. The Morgan fingerprint density at radius 3 is 2.10 bits per heavy atom. The van der Waals surface area contributed by atoms with Crippen LogP contribution in [0.15, 0.2) is 0 Å². The van der Waals surface area contributed by atoms with E-state index in [9.17, 15) is 9.59 Å². The van der Waals surface area contributed by atoms with Crippen LogP contribution in [0, 0.1) is 11.8 Å². The Morgan fingerprint density at radius 2 is 1.57 bits per heavy atom. The maximum Gasteiger partial charge on any atom is 0.225 e. The van der Waals surface area contributed by atoms with Crippen LogP contribution in [0.4, 0.5) is 0 Å². The van der Waals surface area contributed by atoms with Crippen LogP contribution in [0.3, 0.4) is 0 Å². The number of likely N-dealkylation sites (tertiary alicyclic amines) is 1. The van der Waals surface area contributed by atoms with E-state index in [0.717, 1.165) is 38.8 Å². The smallest absolute Gasteiger partial charge is 0.225 e. The molecule has 4 nitrogen and oxygen atoms in total. The van der Waals surface area contributed by atoms with Gasteiger partial charge >= 0.3 is 0 Å². The minimum atomic E-state index is 0.0576. The first-order chi connectivity index (χ1) is 10.0. The van der Waals surface area contributed by atoms with Gasteiger partial charge in [-0.05, 0) is 25.7 Å². The molecule has 120 valence electrons. The molecule has 0 spiro atoms. The van der Waals surface area contributed by atoms with E-state index in [4.69, 9.17) is 0 Å². The van der Waals surface area contributed by atoms with E-state index in [0.29, 0.717) is 11.9 Å². The second-order valence-electron chi connectivity index (χ2n) is 7.00. The highest BCUT2D eigenvalue weighted by Gasteiger charge is 2.32. The van der Waals surface area contributed by atoms with Crippen LogP contribution < -0.4 is 0 Å². The summed E-state index contributed by atoms with van der Waals surface area (Å²) in [6.45, 7) is 5.37. The molecule has 0 aromatic heterocycles. The number of piperidine rings is 1. The summed E-state index contributed by atoms with van der Waals surface area (Å²) in [4.78, 5) is 28.5. The highest BCUT2D eigenvalue weighted by atomic mass is 16.2. The molecule has 0 N–H and O–H groups in total. The zero-order valence-corrected chi connectivity index (χ0v) is 13.8. The average molecular weight is 294 g/mol. The molecule has 0 unspecified atom stereocenters. The summed E-state index contributed by atoms with van der Waals surface area (Å²) in [5.41, 5.74) is 0. The summed E-state index contributed by atoms with van der Waals surface area (Å²) in [7, 11) is 1.98. The second kappa shape index (κ2) is 7.28. The largest absolute Gasteiger partial charge is 0.343 e. The third-order valence-electron chi connectivity index (χ3n) is 5.12. The first-order valence-corrected chi connectivity index (χ1v) is 8.56. The lowest BCUT2D eigenvalue weighted by atomic mass is 9.91. The van der Waals surface area contributed by atoms with Crippen molar-refractivity contribution in [1.29, 1.82) is 0 Å². The third-order valence-corrected chi connectivity index (χ3v) is 5.12. The Balaban J connectivity index is 1.83. The van der Waals surface area contributed by atoms with E-state index in [2.05, 4.69) is 0 Å². The van der Waals surface area contributed by atoms with Crippen LogP contribution in [0.1, 0.15) is 58.8 Å². The lowest BCUT2D eigenvalue weighted by Gasteiger charge is -2.37. The fraction of sp³-hybridized carbons (Fsp3) is 0.882. The quantitative estimate of drug-likeness (QED) is 0.803. The van der Waals surface area contributed by atoms with Crippen LogP contribution in [0.5, 0.6) is 0 Å². The number of hydrogen-bond acceptors (Lipinski definition) is 2. The van der Waals surface area contributed by atoms with Crippen LogP contribution >= 0.6 is 0 Å². The number of nitrogens with zero attached hydrogens (tertiary/aromatic N) is 2. The number of carbonyl (C=O) groups excluding carboxylic acids is 2. The molecule has 2 aliphatic rings. The molecule has 1 saturated carbocycles. The summed E-state index contributed by atoms with van der Waals surface area (Å²) < 4.78 is 0. The molecule has 0 bridgehead atoms. The predicted molar refractivity (Wildman–Crippen MR) is 83.8 cm³/mol. The molecule has 2 rings (SSSR count). The maximum absolute atomic E-state index is 12.6. The zero-order chi connectivity index (χ0) is 15.4. The van der Waals surface area contributed by atoms with Crippen molar-refractivity contribution in [1.82, 2.24) is 9.80 Å². The first kappa shape index (κ1) is 16.3. The van der Waals surface area contributed by atoms with Gasteiger partial charge in [-0.15, -0.1) is 0 Å². The van der Waals surface area contributed by atoms with Crippen molar-refractivity contribution in [3.05, 3.63) is 0 Å². The lowest BCUT2D eigenvalue weighted by molar-refractivity contribution is -0.142. The van der Waals surface area contributed by atoms with Gasteiger partial charge in [-0.1, -0.05) is 33.1 Å². The highest BCUT2D eigenvalue weighted by molar-refractivity contribution is 5.81. The van der Waals surface area contributed by atoms with Gasteiger partial charge in [0.2, 0.25) is 11.8 Å². The summed E-state index contributed by atoms with van der Waals surface area (Å²) in [6.07, 6.45) is 7.80. The molecule has 0 atom stereocenters. The Labute approximate surface area is 128 Å². The van der Waals surface area contributed by atoms with Gasteiger partial charge in [0.25, 0.3) is 0 Å². The van der Waals surface area contributed by atoms with E-state index in [-0.39, 0.29) is 17.7 Å². The minimum absolute atomic E-state index is 0.0576. The van der Waals surface area contributed by atoms with E-state index in [1.54, 1.807) is 0 Å². The molecule has 1 aliphatic carbocycles. The van der Waals surface area contributed by atoms with E-state index < -0.39 is 0 Å². The van der Waals surface area contributed by atoms with Crippen molar-refractivity contribution in [3.8, 4) is 0 Å². The molecule has 1 saturated heterocycles. The first-order valence-electron chi connectivity index (χ1n) is 8.56. The van der Waals surface area contributed by atoms with E-state index in [1.165, 1.54) is 19.3 Å². The zero-order valence-electron chi connectivity index (χ0n) is 13.8. The van der Waals surface area contributed by atoms with Crippen LogP contribution in [-0.4, -0.2) is 47.8 Å². The van der Waals surface area contributed by atoms with Crippen molar-refractivity contribution in [2.45, 2.75) is 64.8 Å². The monoisotopic (exact) mass is 294 g/mol. The molecule has 2 fully saturated rings.